The Kier molecular flexibility index (Phi) is 3.57. The smallest absolute Gasteiger partial charge is 0.267 e. The van der Waals surface area contributed by atoms with E-state index in [9.17, 15) is 9.90 Å². The van der Waals surface area contributed by atoms with E-state index in [-0.39, 0.29) is 5.75 Å². The number of piperidine rings is 1. The quantitative estimate of drug-likeness (QED) is 0.693. The Bertz CT molecular complexity index is 752. The van der Waals surface area contributed by atoms with Gasteiger partial charge < -0.3 is 21.1 Å². The topological polar surface area (TPSA) is 104 Å². The highest BCUT2D eigenvalue weighted by Gasteiger charge is 2.46. The second-order valence-electron chi connectivity index (χ2n) is 7.11. The number of aromatic nitrogens is 2. The van der Waals surface area contributed by atoms with Gasteiger partial charge in [0.05, 0.1) is 0 Å². The van der Waals surface area contributed by atoms with Crippen LogP contribution in [0.15, 0.2) is 24.3 Å². The van der Waals surface area contributed by atoms with Crippen molar-refractivity contribution in [2.45, 2.75) is 31.6 Å². The number of nitrogens with two attached hydrogens (primary N) is 1. The molecule has 6 heteroatoms. The Labute approximate surface area is 140 Å². The Balaban J connectivity index is 1.60. The molecule has 2 fully saturated rings. The van der Waals surface area contributed by atoms with E-state index in [1.54, 1.807) is 24.3 Å². The van der Waals surface area contributed by atoms with E-state index in [1.807, 2.05) is 0 Å². The Hall–Kier alpha value is -2.34. The van der Waals surface area contributed by atoms with Gasteiger partial charge in [-0.2, -0.15) is 0 Å². The van der Waals surface area contributed by atoms with Crippen LogP contribution in [0.5, 0.6) is 5.75 Å². The van der Waals surface area contributed by atoms with Gasteiger partial charge in [0, 0.05) is 11.5 Å². The molecule has 0 bridgehead atoms. The summed E-state index contributed by atoms with van der Waals surface area (Å²) >= 11 is 0. The molecule has 126 valence electrons. The average Bonchev–Trinajstić information content (AvgIpc) is 2.99. The van der Waals surface area contributed by atoms with Gasteiger partial charge in [0.2, 0.25) is 0 Å². The zero-order valence-electron chi connectivity index (χ0n) is 13.5. The van der Waals surface area contributed by atoms with Crippen molar-refractivity contribution < 1.29 is 9.90 Å². The highest BCUT2D eigenvalue weighted by atomic mass is 16.3. The van der Waals surface area contributed by atoms with Crippen LogP contribution in [0, 0.1) is 5.41 Å². The molecule has 2 heterocycles. The summed E-state index contributed by atoms with van der Waals surface area (Å²) in [5.41, 5.74) is 7.68. The van der Waals surface area contributed by atoms with Gasteiger partial charge in [-0.15, -0.1) is 0 Å². The fourth-order valence-electron chi connectivity index (χ4n) is 4.14. The van der Waals surface area contributed by atoms with Crippen molar-refractivity contribution >= 4 is 5.91 Å². The molecule has 0 radical (unpaired) electrons. The number of carbonyl (C=O) groups excluding carboxylic acids is 1. The standard InChI is InChI=1S/C18H22N4O2/c19-16(24)15-14(11-1-3-13(23)4-2-11)21-17(22-15)12-9-18(10-12)5-7-20-8-6-18/h1-4,12,20,23H,5-10H2,(H2,19,24)(H,21,22). The zero-order valence-corrected chi connectivity index (χ0v) is 13.5. The average molecular weight is 326 g/mol. The van der Waals surface area contributed by atoms with Gasteiger partial charge in [0.25, 0.3) is 5.91 Å². The molecule has 2 aliphatic rings. The van der Waals surface area contributed by atoms with E-state index in [1.165, 1.54) is 12.8 Å². The van der Waals surface area contributed by atoms with Gasteiger partial charge in [0.15, 0.2) is 0 Å². The number of nitrogens with one attached hydrogen (secondary N) is 2. The first-order valence-corrected chi connectivity index (χ1v) is 8.46. The number of carbonyl (C=O) groups is 1. The van der Waals surface area contributed by atoms with Crippen LogP contribution in [0.1, 0.15) is 47.9 Å². The van der Waals surface area contributed by atoms with E-state index in [0.29, 0.717) is 22.7 Å². The number of amides is 1. The summed E-state index contributed by atoms with van der Waals surface area (Å²) in [6.07, 6.45) is 4.68. The molecule has 1 saturated carbocycles. The molecule has 1 spiro atoms. The van der Waals surface area contributed by atoms with Gasteiger partial charge in [0.1, 0.15) is 23.0 Å². The summed E-state index contributed by atoms with van der Waals surface area (Å²) in [6.45, 7) is 2.19. The van der Waals surface area contributed by atoms with Gasteiger partial charge in [-0.3, -0.25) is 4.79 Å². The monoisotopic (exact) mass is 326 g/mol. The van der Waals surface area contributed by atoms with Crippen molar-refractivity contribution in [3.63, 3.8) is 0 Å². The largest absolute Gasteiger partial charge is 0.508 e. The number of primary amides is 1. The van der Waals surface area contributed by atoms with E-state index in [0.717, 1.165) is 37.3 Å². The van der Waals surface area contributed by atoms with Crippen LogP contribution >= 0.6 is 0 Å². The summed E-state index contributed by atoms with van der Waals surface area (Å²) in [5, 5.41) is 12.9. The number of phenols is 1. The van der Waals surface area contributed by atoms with Crippen LogP contribution < -0.4 is 11.1 Å². The van der Waals surface area contributed by atoms with Crippen LogP contribution in [-0.4, -0.2) is 34.1 Å². The molecule has 1 aliphatic carbocycles. The van der Waals surface area contributed by atoms with Crippen molar-refractivity contribution in [3.8, 4) is 17.0 Å². The van der Waals surface area contributed by atoms with Gasteiger partial charge in [-0.25, -0.2) is 4.98 Å². The number of hydrogen-bond acceptors (Lipinski definition) is 4. The van der Waals surface area contributed by atoms with Crippen molar-refractivity contribution in [2.24, 2.45) is 11.1 Å². The van der Waals surface area contributed by atoms with Crippen LogP contribution in [-0.2, 0) is 0 Å². The Morgan fingerprint density at radius 3 is 2.50 bits per heavy atom. The number of rotatable bonds is 3. The zero-order chi connectivity index (χ0) is 16.7. The van der Waals surface area contributed by atoms with Crippen molar-refractivity contribution in [1.82, 2.24) is 15.3 Å². The predicted molar refractivity (Wildman–Crippen MR) is 90.7 cm³/mol. The number of H-pyrrole nitrogens is 1. The molecule has 6 nitrogen and oxygen atoms in total. The number of imidazole rings is 1. The first-order valence-electron chi connectivity index (χ1n) is 8.46. The number of nitrogens with zero attached hydrogens (tertiary/aromatic N) is 1. The fourth-order valence-corrected chi connectivity index (χ4v) is 4.14. The first-order chi connectivity index (χ1) is 11.6. The number of benzene rings is 1. The Morgan fingerprint density at radius 1 is 1.21 bits per heavy atom. The molecule has 1 saturated heterocycles. The maximum absolute atomic E-state index is 11.8. The summed E-state index contributed by atoms with van der Waals surface area (Å²) < 4.78 is 0. The van der Waals surface area contributed by atoms with Crippen LogP contribution in [0.2, 0.25) is 0 Å². The molecule has 1 amide bonds. The van der Waals surface area contributed by atoms with Crippen LogP contribution in [0.25, 0.3) is 11.3 Å². The number of hydrogen-bond donors (Lipinski definition) is 4. The summed E-state index contributed by atoms with van der Waals surface area (Å²) in [6, 6.07) is 6.66. The lowest BCUT2D eigenvalue weighted by molar-refractivity contribution is 0.0571. The highest BCUT2D eigenvalue weighted by Crippen LogP contribution is 2.55. The number of phenolic OH excluding ortho intramolecular Hbond substituents is 1. The molecule has 0 unspecified atom stereocenters. The molecule has 1 aromatic carbocycles. The minimum atomic E-state index is -0.507. The van der Waals surface area contributed by atoms with Crippen molar-refractivity contribution in [2.75, 3.05) is 13.1 Å². The van der Waals surface area contributed by atoms with Crippen molar-refractivity contribution in [3.05, 3.63) is 35.8 Å². The van der Waals surface area contributed by atoms with Gasteiger partial charge in [-0.05, 0) is 68.5 Å². The lowest BCUT2D eigenvalue weighted by Gasteiger charge is -2.49. The first kappa shape index (κ1) is 15.2. The third-order valence-electron chi connectivity index (χ3n) is 5.52. The summed E-state index contributed by atoms with van der Waals surface area (Å²) in [4.78, 5) is 19.6. The lowest BCUT2D eigenvalue weighted by atomic mass is 9.57. The maximum Gasteiger partial charge on any atom is 0.267 e. The second kappa shape index (κ2) is 5.63. The molecular formula is C18H22N4O2. The van der Waals surface area contributed by atoms with E-state index in [4.69, 9.17) is 5.73 Å². The predicted octanol–water partition coefficient (Wildman–Crippen LogP) is 2.13. The summed E-state index contributed by atoms with van der Waals surface area (Å²) in [7, 11) is 0. The summed E-state index contributed by atoms with van der Waals surface area (Å²) in [5.74, 6) is 0.901. The van der Waals surface area contributed by atoms with Crippen molar-refractivity contribution in [1.29, 1.82) is 0 Å². The van der Waals surface area contributed by atoms with E-state index >= 15 is 0 Å². The minimum absolute atomic E-state index is 0.182. The van der Waals surface area contributed by atoms with E-state index < -0.39 is 5.91 Å². The second-order valence-corrected chi connectivity index (χ2v) is 7.11. The molecule has 2 aromatic rings. The molecular weight excluding hydrogens is 304 g/mol. The minimum Gasteiger partial charge on any atom is -0.508 e. The maximum atomic E-state index is 11.8. The molecule has 5 N–H and O–H groups in total. The highest BCUT2D eigenvalue weighted by molar-refractivity contribution is 5.97. The molecule has 1 aromatic heterocycles. The number of aromatic hydroxyl groups is 1. The van der Waals surface area contributed by atoms with Crippen LogP contribution in [0.4, 0.5) is 0 Å². The third-order valence-corrected chi connectivity index (χ3v) is 5.52. The SMILES string of the molecule is NC(=O)c1[nH]c(C2CC3(CCNCC3)C2)nc1-c1ccc(O)cc1. The van der Waals surface area contributed by atoms with Gasteiger partial charge in [-0.1, -0.05) is 0 Å². The third kappa shape index (κ3) is 2.57. The normalized spacial score (nSPS) is 20.0. The molecule has 0 atom stereocenters. The lowest BCUT2D eigenvalue weighted by Crippen LogP contribution is -2.44. The molecule has 24 heavy (non-hydrogen) atoms. The number of aromatic amines is 1. The van der Waals surface area contributed by atoms with Crippen LogP contribution in [0.3, 0.4) is 0 Å². The van der Waals surface area contributed by atoms with Gasteiger partial charge >= 0.3 is 0 Å². The molecule has 4 rings (SSSR count). The molecule has 1 aliphatic heterocycles. The van der Waals surface area contributed by atoms with E-state index in [2.05, 4.69) is 15.3 Å². The fraction of sp³-hybridized carbons (Fsp3) is 0.444. The Morgan fingerprint density at radius 2 is 1.88 bits per heavy atom.